The van der Waals surface area contributed by atoms with Crippen LogP contribution in [0.25, 0.3) is 0 Å². The van der Waals surface area contributed by atoms with Gasteiger partial charge in [0.1, 0.15) is 0 Å². The fraction of sp³-hybridized carbons (Fsp3) is 0.300. The van der Waals surface area contributed by atoms with Gasteiger partial charge < -0.3 is 5.32 Å². The van der Waals surface area contributed by atoms with Crippen molar-refractivity contribution in [1.82, 2.24) is 5.32 Å². The Balaban J connectivity index is 0.00000225. The van der Waals surface area contributed by atoms with Crippen molar-refractivity contribution in [1.29, 1.82) is 0 Å². The van der Waals surface area contributed by atoms with Crippen LogP contribution in [0, 0.1) is 10.1 Å². The SMILES string of the molecule is CCNC(=O)Cc1ccc([N+](=O)[O-])cc1.Cl. The van der Waals surface area contributed by atoms with Crippen molar-refractivity contribution in [3.8, 4) is 0 Å². The fourth-order valence-electron chi connectivity index (χ4n) is 1.18. The van der Waals surface area contributed by atoms with Gasteiger partial charge >= 0.3 is 0 Å². The van der Waals surface area contributed by atoms with E-state index in [4.69, 9.17) is 0 Å². The number of hydrogen-bond donors (Lipinski definition) is 1. The molecule has 0 saturated carbocycles. The third-order valence-corrected chi connectivity index (χ3v) is 1.89. The fourth-order valence-corrected chi connectivity index (χ4v) is 1.18. The van der Waals surface area contributed by atoms with Crippen LogP contribution in [-0.4, -0.2) is 17.4 Å². The zero-order valence-corrected chi connectivity index (χ0v) is 9.62. The minimum atomic E-state index is -0.462. The Bertz CT molecular complexity index is 365. The minimum Gasteiger partial charge on any atom is -0.356 e. The topological polar surface area (TPSA) is 72.2 Å². The van der Waals surface area contributed by atoms with E-state index in [1.54, 1.807) is 12.1 Å². The highest BCUT2D eigenvalue weighted by Gasteiger charge is 2.06. The largest absolute Gasteiger partial charge is 0.356 e. The summed E-state index contributed by atoms with van der Waals surface area (Å²) < 4.78 is 0. The summed E-state index contributed by atoms with van der Waals surface area (Å²) in [5, 5.41) is 13.0. The number of carbonyl (C=O) groups is 1. The molecule has 0 aliphatic heterocycles. The molecule has 0 aromatic heterocycles. The summed E-state index contributed by atoms with van der Waals surface area (Å²) in [5.74, 6) is -0.0775. The number of nitrogens with one attached hydrogen (secondary N) is 1. The maximum absolute atomic E-state index is 11.2. The van der Waals surface area contributed by atoms with Crippen LogP contribution in [0.5, 0.6) is 0 Å². The van der Waals surface area contributed by atoms with Gasteiger partial charge in [0, 0.05) is 18.7 Å². The maximum atomic E-state index is 11.2. The van der Waals surface area contributed by atoms with Gasteiger partial charge in [-0.2, -0.15) is 0 Å². The van der Waals surface area contributed by atoms with Crippen LogP contribution in [0.15, 0.2) is 24.3 Å². The van der Waals surface area contributed by atoms with Crippen molar-refractivity contribution in [3.63, 3.8) is 0 Å². The average Bonchev–Trinajstić information content (AvgIpc) is 2.18. The van der Waals surface area contributed by atoms with E-state index in [-0.39, 0.29) is 30.4 Å². The standard InChI is InChI=1S/C10H12N2O3.ClH/c1-2-11-10(13)7-8-3-5-9(6-4-8)12(14)15;/h3-6H,2,7H2,1H3,(H,11,13);1H. The van der Waals surface area contributed by atoms with Gasteiger partial charge in [0.05, 0.1) is 11.3 Å². The molecule has 6 heteroatoms. The number of likely N-dealkylation sites (N-methyl/N-ethyl adjacent to an activating group) is 1. The summed E-state index contributed by atoms with van der Waals surface area (Å²) in [6.07, 6.45) is 0.256. The number of nitro benzene ring substituents is 1. The molecule has 0 unspecified atom stereocenters. The molecule has 5 nitrogen and oxygen atoms in total. The first-order chi connectivity index (χ1) is 7.13. The summed E-state index contributed by atoms with van der Waals surface area (Å²) in [7, 11) is 0. The lowest BCUT2D eigenvalue weighted by Gasteiger charge is -2.01. The van der Waals surface area contributed by atoms with Crippen LogP contribution in [0.2, 0.25) is 0 Å². The molecule has 0 saturated heterocycles. The van der Waals surface area contributed by atoms with E-state index < -0.39 is 4.92 Å². The molecule has 0 radical (unpaired) electrons. The molecule has 0 atom stereocenters. The first-order valence-electron chi connectivity index (χ1n) is 4.63. The summed E-state index contributed by atoms with van der Waals surface area (Å²) in [4.78, 5) is 21.1. The molecule has 88 valence electrons. The number of nitrogens with zero attached hydrogens (tertiary/aromatic N) is 1. The predicted molar refractivity (Wildman–Crippen MR) is 62.7 cm³/mol. The van der Waals surface area contributed by atoms with Crippen LogP contribution in [0.4, 0.5) is 5.69 Å². The van der Waals surface area contributed by atoms with Crippen LogP contribution >= 0.6 is 12.4 Å². The Labute approximate surface area is 99.4 Å². The van der Waals surface area contributed by atoms with Crippen LogP contribution in [0.3, 0.4) is 0 Å². The van der Waals surface area contributed by atoms with E-state index in [0.29, 0.717) is 6.54 Å². The van der Waals surface area contributed by atoms with Gasteiger partial charge in [-0.15, -0.1) is 12.4 Å². The van der Waals surface area contributed by atoms with Gasteiger partial charge in [-0.25, -0.2) is 0 Å². The molecule has 0 heterocycles. The molecule has 0 spiro atoms. The summed E-state index contributed by atoms with van der Waals surface area (Å²) in [6, 6.07) is 5.98. The molecular formula is C10H13ClN2O3. The van der Waals surface area contributed by atoms with E-state index in [1.165, 1.54) is 12.1 Å². The van der Waals surface area contributed by atoms with Crippen LogP contribution < -0.4 is 5.32 Å². The predicted octanol–water partition coefficient (Wildman–Crippen LogP) is 1.70. The average molecular weight is 245 g/mol. The Morgan fingerprint density at radius 2 is 1.94 bits per heavy atom. The van der Waals surface area contributed by atoms with Crippen molar-refractivity contribution < 1.29 is 9.72 Å². The normalized spacial score (nSPS) is 9.06. The molecule has 1 N–H and O–H groups in total. The number of rotatable bonds is 4. The van der Waals surface area contributed by atoms with Gasteiger partial charge in [0.15, 0.2) is 0 Å². The van der Waals surface area contributed by atoms with Gasteiger partial charge in [-0.05, 0) is 12.5 Å². The Morgan fingerprint density at radius 3 is 2.38 bits per heavy atom. The number of hydrogen-bond acceptors (Lipinski definition) is 3. The maximum Gasteiger partial charge on any atom is 0.269 e. The highest BCUT2D eigenvalue weighted by atomic mass is 35.5. The van der Waals surface area contributed by atoms with Gasteiger partial charge in [-0.1, -0.05) is 12.1 Å². The van der Waals surface area contributed by atoms with E-state index in [2.05, 4.69) is 5.32 Å². The molecule has 1 rings (SSSR count). The van der Waals surface area contributed by atoms with Gasteiger partial charge in [-0.3, -0.25) is 14.9 Å². The second kappa shape index (κ2) is 6.79. The smallest absolute Gasteiger partial charge is 0.269 e. The van der Waals surface area contributed by atoms with Crippen LogP contribution in [-0.2, 0) is 11.2 Å². The van der Waals surface area contributed by atoms with E-state index in [0.717, 1.165) is 5.56 Å². The molecule has 0 aliphatic carbocycles. The second-order valence-electron chi connectivity index (χ2n) is 3.05. The van der Waals surface area contributed by atoms with Gasteiger partial charge in [0.25, 0.3) is 5.69 Å². The summed E-state index contributed by atoms with van der Waals surface area (Å²) in [6.45, 7) is 2.43. The van der Waals surface area contributed by atoms with E-state index in [1.807, 2.05) is 6.92 Å². The number of amides is 1. The number of carbonyl (C=O) groups excluding carboxylic acids is 1. The van der Waals surface area contributed by atoms with Crippen LogP contribution in [0.1, 0.15) is 12.5 Å². The monoisotopic (exact) mass is 244 g/mol. The number of benzene rings is 1. The number of non-ortho nitro benzene ring substituents is 1. The first kappa shape index (κ1) is 14.4. The van der Waals surface area contributed by atoms with Gasteiger partial charge in [0.2, 0.25) is 5.91 Å². The molecule has 1 amide bonds. The minimum absolute atomic E-state index is 0. The Hall–Kier alpha value is -1.62. The molecular weight excluding hydrogens is 232 g/mol. The summed E-state index contributed by atoms with van der Waals surface area (Å²) >= 11 is 0. The molecule has 0 aliphatic rings. The van der Waals surface area contributed by atoms with Crippen molar-refractivity contribution in [2.45, 2.75) is 13.3 Å². The lowest BCUT2D eigenvalue weighted by molar-refractivity contribution is -0.384. The molecule has 0 bridgehead atoms. The lowest BCUT2D eigenvalue weighted by Crippen LogP contribution is -2.24. The summed E-state index contributed by atoms with van der Waals surface area (Å²) in [5.41, 5.74) is 0.807. The first-order valence-corrected chi connectivity index (χ1v) is 4.63. The molecule has 16 heavy (non-hydrogen) atoms. The van der Waals surface area contributed by atoms with E-state index in [9.17, 15) is 14.9 Å². The van der Waals surface area contributed by atoms with Crippen molar-refractivity contribution >= 4 is 24.0 Å². The van der Waals surface area contributed by atoms with Crippen molar-refractivity contribution in [2.75, 3.05) is 6.54 Å². The quantitative estimate of drug-likeness (QED) is 0.647. The lowest BCUT2D eigenvalue weighted by atomic mass is 10.1. The number of nitro groups is 1. The second-order valence-corrected chi connectivity index (χ2v) is 3.05. The van der Waals surface area contributed by atoms with E-state index >= 15 is 0 Å². The third-order valence-electron chi connectivity index (χ3n) is 1.89. The molecule has 0 fully saturated rings. The highest BCUT2D eigenvalue weighted by molar-refractivity contribution is 5.85. The zero-order valence-electron chi connectivity index (χ0n) is 8.80. The van der Waals surface area contributed by atoms with Crippen molar-refractivity contribution in [2.24, 2.45) is 0 Å². The zero-order chi connectivity index (χ0) is 11.3. The third kappa shape index (κ3) is 4.27. The highest BCUT2D eigenvalue weighted by Crippen LogP contribution is 2.11. The Morgan fingerprint density at radius 1 is 1.38 bits per heavy atom. The van der Waals surface area contributed by atoms with Crippen molar-refractivity contribution in [3.05, 3.63) is 39.9 Å². The molecule has 1 aromatic carbocycles. The Kier molecular flexibility index (Phi) is 6.10. The number of halogens is 1. The molecule has 1 aromatic rings.